The predicted octanol–water partition coefficient (Wildman–Crippen LogP) is 1.92. The van der Waals surface area contributed by atoms with Gasteiger partial charge in [0.2, 0.25) is 0 Å². The fourth-order valence-corrected chi connectivity index (χ4v) is 2.27. The number of aromatic nitrogens is 2. The molecule has 4 nitrogen and oxygen atoms in total. The number of nitrogens with two attached hydrogens (primary N) is 1. The van der Waals surface area contributed by atoms with Gasteiger partial charge >= 0.3 is 0 Å². The Kier molecular flexibility index (Phi) is 3.53. The van der Waals surface area contributed by atoms with Crippen LogP contribution in [0.15, 0.2) is 17.0 Å². The molecule has 1 aromatic rings. The van der Waals surface area contributed by atoms with Crippen LogP contribution in [0, 0.1) is 0 Å². The number of nitrogens with one attached hydrogen (secondary N) is 1. The molecule has 0 bridgehead atoms. The summed E-state index contributed by atoms with van der Waals surface area (Å²) in [5.41, 5.74) is 6.06. The molecule has 1 saturated carbocycles. The Morgan fingerprint density at radius 1 is 1.40 bits per heavy atom. The first-order chi connectivity index (χ1) is 7.27. The fourth-order valence-electron chi connectivity index (χ4n) is 1.93. The van der Waals surface area contributed by atoms with Crippen LogP contribution in [-0.2, 0) is 0 Å². The summed E-state index contributed by atoms with van der Waals surface area (Å²) in [6.07, 6.45) is 7.99. The number of hydrogen-bond donors (Lipinski definition) is 2. The lowest BCUT2D eigenvalue weighted by atomic mass is 9.91. The summed E-state index contributed by atoms with van der Waals surface area (Å²) in [5, 5.41) is 3.38. The highest BCUT2D eigenvalue weighted by atomic mass is 79.9. The van der Waals surface area contributed by atoms with Gasteiger partial charge in [0.25, 0.3) is 0 Å². The number of halogens is 1. The summed E-state index contributed by atoms with van der Waals surface area (Å²) in [7, 11) is 0. The molecular weight excluding hydrogens is 256 g/mol. The van der Waals surface area contributed by atoms with Crippen molar-refractivity contribution in [3.05, 3.63) is 17.0 Å². The summed E-state index contributed by atoms with van der Waals surface area (Å²) in [6, 6.07) is 0.575. The zero-order valence-corrected chi connectivity index (χ0v) is 10.1. The maximum Gasteiger partial charge on any atom is 0.144 e. The molecule has 5 heteroatoms. The maximum absolute atomic E-state index is 6.06. The van der Waals surface area contributed by atoms with Gasteiger partial charge in [-0.25, -0.2) is 9.97 Å². The highest BCUT2D eigenvalue weighted by molar-refractivity contribution is 9.10. The van der Waals surface area contributed by atoms with Crippen LogP contribution in [0.1, 0.15) is 25.7 Å². The van der Waals surface area contributed by atoms with E-state index in [9.17, 15) is 0 Å². The smallest absolute Gasteiger partial charge is 0.144 e. The first-order valence-corrected chi connectivity index (χ1v) is 6.04. The highest BCUT2D eigenvalue weighted by Gasteiger charge is 2.22. The van der Waals surface area contributed by atoms with E-state index in [-0.39, 0.29) is 6.04 Å². The van der Waals surface area contributed by atoms with Gasteiger partial charge in [-0.15, -0.1) is 0 Å². The minimum atomic E-state index is 0.237. The molecule has 0 aliphatic heterocycles. The normalized spacial score (nSPS) is 26.3. The first kappa shape index (κ1) is 10.8. The van der Waals surface area contributed by atoms with Gasteiger partial charge in [-0.2, -0.15) is 0 Å². The van der Waals surface area contributed by atoms with E-state index in [1.165, 1.54) is 12.8 Å². The van der Waals surface area contributed by atoms with Crippen molar-refractivity contribution in [2.75, 3.05) is 5.32 Å². The maximum atomic E-state index is 6.06. The van der Waals surface area contributed by atoms with Crippen molar-refractivity contribution in [3.63, 3.8) is 0 Å². The minimum absolute atomic E-state index is 0.237. The Morgan fingerprint density at radius 3 is 2.93 bits per heavy atom. The van der Waals surface area contributed by atoms with Gasteiger partial charge in [0.15, 0.2) is 0 Å². The number of hydrogen-bond acceptors (Lipinski definition) is 4. The molecule has 0 amide bonds. The summed E-state index contributed by atoms with van der Waals surface area (Å²) in [4.78, 5) is 8.11. The monoisotopic (exact) mass is 270 g/mol. The minimum Gasteiger partial charge on any atom is -0.365 e. The van der Waals surface area contributed by atoms with Crippen molar-refractivity contribution in [1.29, 1.82) is 0 Å². The summed E-state index contributed by atoms with van der Waals surface area (Å²) in [6.45, 7) is 0. The molecule has 82 valence electrons. The Bertz CT molecular complexity index is 331. The van der Waals surface area contributed by atoms with E-state index in [0.29, 0.717) is 6.04 Å². The van der Waals surface area contributed by atoms with Gasteiger partial charge in [0, 0.05) is 18.3 Å². The largest absolute Gasteiger partial charge is 0.365 e. The Balaban J connectivity index is 2.04. The molecule has 2 rings (SSSR count). The van der Waals surface area contributed by atoms with Crippen molar-refractivity contribution in [2.24, 2.45) is 5.73 Å². The van der Waals surface area contributed by atoms with E-state index in [0.717, 1.165) is 23.1 Å². The van der Waals surface area contributed by atoms with Crippen molar-refractivity contribution in [1.82, 2.24) is 9.97 Å². The van der Waals surface area contributed by atoms with Gasteiger partial charge in [-0.05, 0) is 28.8 Å². The molecule has 1 aromatic heterocycles. The van der Waals surface area contributed by atoms with Crippen molar-refractivity contribution in [3.8, 4) is 0 Å². The van der Waals surface area contributed by atoms with E-state index < -0.39 is 0 Å². The lowest BCUT2D eigenvalue weighted by molar-refractivity contribution is 0.403. The molecule has 0 radical (unpaired) electrons. The van der Waals surface area contributed by atoms with Crippen LogP contribution in [0.25, 0.3) is 0 Å². The van der Waals surface area contributed by atoms with Gasteiger partial charge in [0.1, 0.15) is 12.1 Å². The van der Waals surface area contributed by atoms with E-state index in [1.807, 2.05) is 0 Å². The van der Waals surface area contributed by atoms with Gasteiger partial charge < -0.3 is 11.1 Å². The SMILES string of the molecule is N[C@@H]1CCCC[C@H]1Nc1ncncc1Br. The van der Waals surface area contributed by atoms with Gasteiger partial charge in [0.05, 0.1) is 4.47 Å². The number of nitrogens with zero attached hydrogens (tertiary/aromatic N) is 2. The summed E-state index contributed by atoms with van der Waals surface area (Å²) < 4.78 is 0.891. The van der Waals surface area contributed by atoms with Crippen LogP contribution in [0.3, 0.4) is 0 Å². The van der Waals surface area contributed by atoms with Crippen LogP contribution in [-0.4, -0.2) is 22.1 Å². The lowest BCUT2D eigenvalue weighted by Gasteiger charge is -2.29. The molecule has 1 fully saturated rings. The second kappa shape index (κ2) is 4.90. The summed E-state index contributed by atoms with van der Waals surface area (Å²) in [5.74, 6) is 0.840. The van der Waals surface area contributed by atoms with Crippen LogP contribution < -0.4 is 11.1 Å². The van der Waals surface area contributed by atoms with Crippen LogP contribution in [0.4, 0.5) is 5.82 Å². The van der Waals surface area contributed by atoms with Crippen LogP contribution >= 0.6 is 15.9 Å². The quantitative estimate of drug-likeness (QED) is 0.862. The van der Waals surface area contributed by atoms with Crippen molar-refractivity contribution >= 4 is 21.7 Å². The van der Waals surface area contributed by atoms with E-state index in [4.69, 9.17) is 5.73 Å². The van der Waals surface area contributed by atoms with Crippen molar-refractivity contribution in [2.45, 2.75) is 37.8 Å². The zero-order valence-electron chi connectivity index (χ0n) is 8.49. The molecular formula is C10H15BrN4. The van der Waals surface area contributed by atoms with Gasteiger partial charge in [-0.1, -0.05) is 12.8 Å². The molecule has 1 aliphatic rings. The topological polar surface area (TPSA) is 63.8 Å². The fraction of sp³-hybridized carbons (Fsp3) is 0.600. The van der Waals surface area contributed by atoms with Crippen LogP contribution in [0.2, 0.25) is 0 Å². The third kappa shape index (κ3) is 2.66. The predicted molar refractivity (Wildman–Crippen MR) is 63.6 cm³/mol. The molecule has 1 heterocycles. The highest BCUT2D eigenvalue weighted by Crippen LogP contribution is 2.23. The van der Waals surface area contributed by atoms with Gasteiger partial charge in [-0.3, -0.25) is 0 Å². The zero-order chi connectivity index (χ0) is 10.7. The first-order valence-electron chi connectivity index (χ1n) is 5.25. The summed E-state index contributed by atoms with van der Waals surface area (Å²) >= 11 is 3.41. The molecule has 0 spiro atoms. The average molecular weight is 271 g/mol. The number of rotatable bonds is 2. The molecule has 3 N–H and O–H groups in total. The third-order valence-corrected chi connectivity index (χ3v) is 3.39. The molecule has 15 heavy (non-hydrogen) atoms. The van der Waals surface area contributed by atoms with E-state index in [1.54, 1.807) is 12.5 Å². The third-order valence-electron chi connectivity index (χ3n) is 2.81. The molecule has 1 aliphatic carbocycles. The van der Waals surface area contributed by atoms with Crippen molar-refractivity contribution < 1.29 is 0 Å². The lowest BCUT2D eigenvalue weighted by Crippen LogP contribution is -2.42. The van der Waals surface area contributed by atoms with Crippen LogP contribution in [0.5, 0.6) is 0 Å². The molecule has 0 unspecified atom stereocenters. The Labute approximate surface area is 97.8 Å². The molecule has 0 saturated heterocycles. The molecule has 0 aromatic carbocycles. The molecule has 2 atom stereocenters. The standard InChI is InChI=1S/C10H15BrN4/c11-7-5-13-6-14-10(7)15-9-4-2-1-3-8(9)12/h5-6,8-9H,1-4,12H2,(H,13,14,15)/t8-,9-/m1/s1. The average Bonchev–Trinajstić information content (AvgIpc) is 2.24. The Morgan fingerprint density at radius 2 is 2.20 bits per heavy atom. The second-order valence-electron chi connectivity index (χ2n) is 3.92. The number of anilines is 1. The van der Waals surface area contributed by atoms with E-state index >= 15 is 0 Å². The van der Waals surface area contributed by atoms with E-state index in [2.05, 4.69) is 31.2 Å². The second-order valence-corrected chi connectivity index (χ2v) is 4.77. The Hall–Kier alpha value is -0.680.